The molecule has 0 unspecified atom stereocenters. The van der Waals surface area contributed by atoms with Crippen LogP contribution in [0.3, 0.4) is 0 Å². The van der Waals surface area contributed by atoms with Crippen molar-refractivity contribution in [2.24, 2.45) is 34.3 Å². The van der Waals surface area contributed by atoms with Crippen LogP contribution in [0.15, 0.2) is 0 Å². The lowest BCUT2D eigenvalue weighted by Crippen LogP contribution is -2.48. The lowest BCUT2D eigenvalue weighted by atomic mass is 9.49. The molecule has 3 heteroatoms. The quantitative estimate of drug-likeness (QED) is 0.812. The molecule has 0 heterocycles. The van der Waals surface area contributed by atoms with E-state index in [1.807, 2.05) is 0 Å². The lowest BCUT2D eigenvalue weighted by Gasteiger charge is -2.56. The first-order valence-electron chi connectivity index (χ1n) is 8.37. The molecule has 0 aromatic rings. The van der Waals surface area contributed by atoms with Crippen molar-refractivity contribution < 1.29 is 4.79 Å². The number of hydrogen-bond donors (Lipinski definition) is 2. The Hall–Kier alpha value is -0.570. The van der Waals surface area contributed by atoms with E-state index in [1.165, 1.54) is 38.5 Å². The van der Waals surface area contributed by atoms with Crippen LogP contribution in [-0.2, 0) is 4.79 Å². The first-order chi connectivity index (χ1) is 9.40. The highest BCUT2D eigenvalue weighted by atomic mass is 16.1. The van der Waals surface area contributed by atoms with Crippen LogP contribution in [0.5, 0.6) is 0 Å². The molecule has 0 atom stereocenters. The van der Waals surface area contributed by atoms with Gasteiger partial charge in [0.1, 0.15) is 0 Å². The summed E-state index contributed by atoms with van der Waals surface area (Å²) >= 11 is 0. The van der Waals surface area contributed by atoms with E-state index < -0.39 is 0 Å². The second-order valence-electron chi connectivity index (χ2n) is 8.74. The molecule has 0 radical (unpaired) electrons. The standard InChI is InChI=1S/C17H30N2O/c1-16(2,10-18)11-19-15(20)9-17-6-12-3-13(7-17)5-14(4-12)8-17/h12-14H,3-11,18H2,1-2H3,(H,19,20). The smallest absolute Gasteiger partial charge is 0.220 e. The van der Waals surface area contributed by atoms with Crippen molar-refractivity contribution in [2.75, 3.05) is 13.1 Å². The Morgan fingerprint density at radius 3 is 2.10 bits per heavy atom. The molecule has 4 aliphatic rings. The minimum absolute atomic E-state index is 0.0110. The van der Waals surface area contributed by atoms with Crippen molar-refractivity contribution in [2.45, 2.75) is 58.8 Å². The largest absolute Gasteiger partial charge is 0.356 e. The Balaban J connectivity index is 1.56. The number of nitrogens with two attached hydrogens (primary N) is 1. The number of carbonyl (C=O) groups is 1. The van der Waals surface area contributed by atoms with E-state index in [0.29, 0.717) is 18.5 Å². The zero-order valence-electron chi connectivity index (χ0n) is 13.1. The topological polar surface area (TPSA) is 55.1 Å². The molecule has 0 aliphatic heterocycles. The molecule has 3 N–H and O–H groups in total. The predicted octanol–water partition coefficient (Wildman–Crippen LogP) is 2.69. The highest BCUT2D eigenvalue weighted by Gasteiger charge is 2.51. The van der Waals surface area contributed by atoms with Crippen LogP contribution in [0.25, 0.3) is 0 Å². The zero-order chi connectivity index (χ0) is 14.4. The summed E-state index contributed by atoms with van der Waals surface area (Å²) in [5.74, 6) is 3.03. The summed E-state index contributed by atoms with van der Waals surface area (Å²) in [6.07, 6.45) is 9.03. The van der Waals surface area contributed by atoms with Crippen LogP contribution in [0, 0.1) is 28.6 Å². The van der Waals surface area contributed by atoms with Gasteiger partial charge in [-0.25, -0.2) is 0 Å². The van der Waals surface area contributed by atoms with Gasteiger partial charge in [-0.2, -0.15) is 0 Å². The molecule has 0 saturated heterocycles. The number of nitrogens with one attached hydrogen (secondary N) is 1. The van der Waals surface area contributed by atoms with Crippen LogP contribution in [-0.4, -0.2) is 19.0 Å². The number of rotatable bonds is 5. The van der Waals surface area contributed by atoms with Gasteiger partial charge in [0.15, 0.2) is 0 Å². The van der Waals surface area contributed by atoms with Crippen molar-refractivity contribution in [3.8, 4) is 0 Å². The van der Waals surface area contributed by atoms with Gasteiger partial charge in [-0.3, -0.25) is 4.79 Å². The molecular formula is C17H30N2O. The molecule has 0 aromatic carbocycles. The molecular weight excluding hydrogens is 248 g/mol. The average Bonchev–Trinajstić information content (AvgIpc) is 2.34. The fraction of sp³-hybridized carbons (Fsp3) is 0.941. The van der Waals surface area contributed by atoms with Gasteiger partial charge in [-0.05, 0) is 73.7 Å². The van der Waals surface area contributed by atoms with Gasteiger partial charge >= 0.3 is 0 Å². The van der Waals surface area contributed by atoms with Crippen molar-refractivity contribution in [3.05, 3.63) is 0 Å². The van der Waals surface area contributed by atoms with Crippen molar-refractivity contribution in [1.29, 1.82) is 0 Å². The van der Waals surface area contributed by atoms with Crippen LogP contribution in [0.1, 0.15) is 58.8 Å². The number of hydrogen-bond acceptors (Lipinski definition) is 2. The van der Waals surface area contributed by atoms with E-state index in [9.17, 15) is 4.79 Å². The maximum atomic E-state index is 12.3. The van der Waals surface area contributed by atoms with Gasteiger partial charge < -0.3 is 11.1 Å². The lowest BCUT2D eigenvalue weighted by molar-refractivity contribution is -0.129. The number of carbonyl (C=O) groups excluding carboxylic acids is 1. The molecule has 4 saturated carbocycles. The van der Waals surface area contributed by atoms with Gasteiger partial charge in [0, 0.05) is 13.0 Å². The summed E-state index contributed by atoms with van der Waals surface area (Å²) < 4.78 is 0. The molecule has 0 spiro atoms. The Kier molecular flexibility index (Phi) is 3.60. The zero-order valence-corrected chi connectivity index (χ0v) is 13.1. The fourth-order valence-corrected chi connectivity index (χ4v) is 5.32. The third-order valence-electron chi connectivity index (χ3n) is 6.02. The van der Waals surface area contributed by atoms with E-state index in [1.54, 1.807) is 0 Å². The summed E-state index contributed by atoms with van der Waals surface area (Å²) in [7, 11) is 0. The van der Waals surface area contributed by atoms with Gasteiger partial charge in [0.25, 0.3) is 0 Å². The minimum Gasteiger partial charge on any atom is -0.356 e. The van der Waals surface area contributed by atoms with E-state index in [2.05, 4.69) is 19.2 Å². The first kappa shape index (κ1) is 14.4. The molecule has 4 rings (SSSR count). The van der Waals surface area contributed by atoms with Crippen LogP contribution in [0.2, 0.25) is 0 Å². The molecule has 1 amide bonds. The molecule has 3 nitrogen and oxygen atoms in total. The maximum Gasteiger partial charge on any atom is 0.220 e. The highest BCUT2D eigenvalue weighted by Crippen LogP contribution is 2.61. The first-order valence-corrected chi connectivity index (χ1v) is 8.37. The Bertz CT molecular complexity index is 353. The molecule has 0 aromatic heterocycles. The summed E-state index contributed by atoms with van der Waals surface area (Å²) in [4.78, 5) is 12.3. The van der Waals surface area contributed by atoms with E-state index in [0.717, 1.165) is 24.2 Å². The fourth-order valence-electron chi connectivity index (χ4n) is 5.32. The van der Waals surface area contributed by atoms with Gasteiger partial charge in [-0.1, -0.05) is 13.8 Å². The van der Waals surface area contributed by atoms with Crippen LogP contribution >= 0.6 is 0 Å². The van der Waals surface area contributed by atoms with Gasteiger partial charge in [-0.15, -0.1) is 0 Å². The number of amides is 1. The summed E-state index contributed by atoms with van der Waals surface area (Å²) in [5, 5.41) is 3.13. The highest BCUT2D eigenvalue weighted by molar-refractivity contribution is 5.76. The molecule has 114 valence electrons. The van der Waals surface area contributed by atoms with Crippen molar-refractivity contribution in [3.63, 3.8) is 0 Å². The van der Waals surface area contributed by atoms with Crippen molar-refractivity contribution >= 4 is 5.91 Å². The van der Waals surface area contributed by atoms with E-state index in [-0.39, 0.29) is 11.3 Å². The van der Waals surface area contributed by atoms with Crippen molar-refractivity contribution in [1.82, 2.24) is 5.32 Å². The Morgan fingerprint density at radius 1 is 1.15 bits per heavy atom. The molecule has 4 fully saturated rings. The Labute approximate surface area is 123 Å². The van der Waals surface area contributed by atoms with Crippen LogP contribution in [0.4, 0.5) is 0 Å². The maximum absolute atomic E-state index is 12.3. The Morgan fingerprint density at radius 2 is 1.65 bits per heavy atom. The van der Waals surface area contributed by atoms with Crippen LogP contribution < -0.4 is 11.1 Å². The molecule has 20 heavy (non-hydrogen) atoms. The minimum atomic E-state index is 0.0110. The van der Waals surface area contributed by atoms with Gasteiger partial charge in [0.2, 0.25) is 5.91 Å². The predicted molar refractivity (Wildman–Crippen MR) is 81.1 cm³/mol. The average molecular weight is 278 g/mol. The normalized spacial score (nSPS) is 39.0. The second-order valence-corrected chi connectivity index (χ2v) is 8.74. The van der Waals surface area contributed by atoms with E-state index in [4.69, 9.17) is 5.73 Å². The molecule has 4 bridgehead atoms. The summed E-state index contributed by atoms with van der Waals surface area (Å²) in [5.41, 5.74) is 6.09. The molecule has 4 aliphatic carbocycles. The van der Waals surface area contributed by atoms with E-state index >= 15 is 0 Å². The second kappa shape index (κ2) is 5.01. The monoisotopic (exact) mass is 278 g/mol. The summed E-state index contributed by atoms with van der Waals surface area (Å²) in [6.45, 7) is 5.54. The SMILES string of the molecule is CC(C)(CN)CNC(=O)CC12CC3CC(CC(C3)C1)C2. The summed E-state index contributed by atoms with van der Waals surface area (Å²) in [6, 6.07) is 0. The van der Waals surface area contributed by atoms with Gasteiger partial charge in [0.05, 0.1) is 0 Å². The third kappa shape index (κ3) is 2.88. The third-order valence-corrected chi connectivity index (χ3v) is 6.02.